The molecule has 2 aromatic rings. The van der Waals surface area contributed by atoms with Crippen molar-refractivity contribution in [2.75, 3.05) is 0 Å². The van der Waals surface area contributed by atoms with E-state index in [-0.39, 0.29) is 5.56 Å². The van der Waals surface area contributed by atoms with Crippen molar-refractivity contribution in [3.05, 3.63) is 34.4 Å². The minimum atomic E-state index is -0.475. The van der Waals surface area contributed by atoms with E-state index in [2.05, 4.69) is 15.1 Å². The van der Waals surface area contributed by atoms with Gasteiger partial charge in [-0.1, -0.05) is 24.1 Å². The number of H-pyrrole nitrogens is 1. The number of aromatic nitrogens is 3. The maximum atomic E-state index is 11.2. The van der Waals surface area contributed by atoms with E-state index < -0.39 is 5.54 Å². The Hall–Kier alpha value is -1.95. The fraction of sp³-hybridized carbons (Fsp3) is 0.417. The van der Waals surface area contributed by atoms with Crippen LogP contribution in [-0.2, 0) is 5.54 Å². The lowest BCUT2D eigenvalue weighted by Crippen LogP contribution is -2.34. The van der Waals surface area contributed by atoms with Crippen molar-refractivity contribution < 1.29 is 4.52 Å². The molecule has 0 unspecified atom stereocenters. The summed E-state index contributed by atoms with van der Waals surface area (Å²) in [7, 11) is 0. The van der Waals surface area contributed by atoms with Crippen LogP contribution in [-0.4, -0.2) is 15.1 Å². The average molecular weight is 246 g/mol. The van der Waals surface area contributed by atoms with Crippen LogP contribution in [0.3, 0.4) is 0 Å². The van der Waals surface area contributed by atoms with Crippen molar-refractivity contribution in [1.82, 2.24) is 15.1 Å². The molecule has 0 amide bonds. The van der Waals surface area contributed by atoms with Gasteiger partial charge in [0.2, 0.25) is 5.56 Å². The number of rotatable bonds is 2. The van der Waals surface area contributed by atoms with E-state index in [0.717, 1.165) is 25.7 Å². The topological polar surface area (TPSA) is 97.8 Å². The zero-order valence-corrected chi connectivity index (χ0v) is 9.85. The van der Waals surface area contributed by atoms with Gasteiger partial charge in [-0.2, -0.15) is 4.98 Å². The summed E-state index contributed by atoms with van der Waals surface area (Å²) in [5.74, 6) is 0.833. The van der Waals surface area contributed by atoms with Crippen molar-refractivity contribution in [2.45, 2.75) is 31.2 Å². The summed E-state index contributed by atoms with van der Waals surface area (Å²) < 4.78 is 5.17. The van der Waals surface area contributed by atoms with Crippen LogP contribution < -0.4 is 11.3 Å². The first kappa shape index (κ1) is 11.2. The number of nitrogens with two attached hydrogens (primary N) is 1. The maximum absolute atomic E-state index is 11.2. The Balaban J connectivity index is 1.96. The molecule has 1 fully saturated rings. The highest BCUT2D eigenvalue weighted by molar-refractivity contribution is 5.45. The van der Waals surface area contributed by atoms with Gasteiger partial charge in [-0.15, -0.1) is 0 Å². The second-order valence-corrected chi connectivity index (χ2v) is 4.72. The summed E-state index contributed by atoms with van der Waals surface area (Å²) in [6, 6.07) is 4.80. The summed E-state index contributed by atoms with van der Waals surface area (Å²) in [5, 5.41) is 3.94. The lowest BCUT2D eigenvalue weighted by molar-refractivity contribution is 0.372. The molecule has 3 N–H and O–H groups in total. The molecule has 18 heavy (non-hydrogen) atoms. The summed E-state index contributed by atoms with van der Waals surface area (Å²) in [5.41, 5.74) is 6.09. The standard InChI is InChI=1S/C12H14N4O2/c13-12(6-1-2-7-12)11-15-10(18-16-11)8-4-3-5-9(17)14-8/h3-5H,1-2,6-7,13H2,(H,14,17). The second-order valence-electron chi connectivity index (χ2n) is 4.72. The van der Waals surface area contributed by atoms with Crippen molar-refractivity contribution in [2.24, 2.45) is 5.73 Å². The van der Waals surface area contributed by atoms with Crippen molar-refractivity contribution in [3.8, 4) is 11.6 Å². The lowest BCUT2D eigenvalue weighted by atomic mass is 9.99. The van der Waals surface area contributed by atoms with Crippen LogP contribution in [0.15, 0.2) is 27.5 Å². The quantitative estimate of drug-likeness (QED) is 0.828. The number of aromatic amines is 1. The molecule has 6 heteroatoms. The SMILES string of the molecule is NC1(c2noc(-c3cccc(=O)[nH]3)n2)CCCC1. The highest BCUT2D eigenvalue weighted by atomic mass is 16.5. The number of hydrogen-bond donors (Lipinski definition) is 2. The molecule has 6 nitrogen and oxygen atoms in total. The predicted octanol–water partition coefficient (Wildman–Crippen LogP) is 1.15. The molecule has 0 saturated heterocycles. The Morgan fingerprint density at radius 2 is 2.11 bits per heavy atom. The highest BCUT2D eigenvalue weighted by Crippen LogP contribution is 2.35. The minimum absolute atomic E-state index is 0.199. The van der Waals surface area contributed by atoms with E-state index in [0.29, 0.717) is 17.4 Å². The Morgan fingerprint density at radius 1 is 1.33 bits per heavy atom. The van der Waals surface area contributed by atoms with Crippen LogP contribution in [0.25, 0.3) is 11.6 Å². The number of nitrogens with one attached hydrogen (secondary N) is 1. The zero-order valence-electron chi connectivity index (χ0n) is 9.85. The molecular weight excluding hydrogens is 232 g/mol. The predicted molar refractivity (Wildman–Crippen MR) is 64.7 cm³/mol. The largest absolute Gasteiger partial charge is 0.332 e. The van der Waals surface area contributed by atoms with E-state index in [1.54, 1.807) is 12.1 Å². The van der Waals surface area contributed by atoms with Crippen LogP contribution >= 0.6 is 0 Å². The molecule has 0 aliphatic heterocycles. The van der Waals surface area contributed by atoms with E-state index in [4.69, 9.17) is 10.3 Å². The normalized spacial score (nSPS) is 18.1. The van der Waals surface area contributed by atoms with Gasteiger partial charge in [0.15, 0.2) is 5.82 Å². The second kappa shape index (κ2) is 4.06. The van der Waals surface area contributed by atoms with Gasteiger partial charge < -0.3 is 15.2 Å². The van der Waals surface area contributed by atoms with Gasteiger partial charge in [0, 0.05) is 6.07 Å². The molecule has 0 aromatic carbocycles. The van der Waals surface area contributed by atoms with Crippen molar-refractivity contribution >= 4 is 0 Å². The third kappa shape index (κ3) is 1.84. The first-order valence-corrected chi connectivity index (χ1v) is 6.00. The molecular formula is C12H14N4O2. The number of pyridine rings is 1. The van der Waals surface area contributed by atoms with Gasteiger partial charge in [0.1, 0.15) is 5.69 Å². The fourth-order valence-corrected chi connectivity index (χ4v) is 2.34. The minimum Gasteiger partial charge on any atom is -0.332 e. The van der Waals surface area contributed by atoms with Gasteiger partial charge in [-0.25, -0.2) is 0 Å². The van der Waals surface area contributed by atoms with Gasteiger partial charge >= 0.3 is 0 Å². The maximum Gasteiger partial charge on any atom is 0.274 e. The molecule has 1 aliphatic carbocycles. The molecule has 2 aromatic heterocycles. The highest BCUT2D eigenvalue weighted by Gasteiger charge is 2.36. The molecule has 0 bridgehead atoms. The van der Waals surface area contributed by atoms with E-state index >= 15 is 0 Å². The average Bonchev–Trinajstić information content (AvgIpc) is 2.98. The summed E-state index contributed by atoms with van der Waals surface area (Å²) in [4.78, 5) is 18.2. The Labute approximate surface area is 103 Å². The van der Waals surface area contributed by atoms with Gasteiger partial charge in [0.25, 0.3) is 5.89 Å². The lowest BCUT2D eigenvalue weighted by Gasteiger charge is -2.17. The molecule has 0 spiro atoms. The van der Waals surface area contributed by atoms with Crippen molar-refractivity contribution in [1.29, 1.82) is 0 Å². The molecule has 0 atom stereocenters. The molecule has 94 valence electrons. The third-order valence-electron chi connectivity index (χ3n) is 3.37. The van der Waals surface area contributed by atoms with Gasteiger partial charge in [0.05, 0.1) is 5.54 Å². The van der Waals surface area contributed by atoms with Gasteiger partial charge in [-0.05, 0) is 18.9 Å². The molecule has 1 aliphatic rings. The summed E-state index contributed by atoms with van der Waals surface area (Å²) in [6.07, 6.45) is 3.92. The summed E-state index contributed by atoms with van der Waals surface area (Å²) in [6.45, 7) is 0. The first-order valence-electron chi connectivity index (χ1n) is 6.00. The molecule has 2 heterocycles. The van der Waals surface area contributed by atoms with Crippen LogP contribution in [0.2, 0.25) is 0 Å². The van der Waals surface area contributed by atoms with E-state index in [1.165, 1.54) is 6.07 Å². The monoisotopic (exact) mass is 246 g/mol. The zero-order chi connectivity index (χ0) is 12.6. The van der Waals surface area contributed by atoms with Crippen LogP contribution in [0.4, 0.5) is 0 Å². The third-order valence-corrected chi connectivity index (χ3v) is 3.37. The fourth-order valence-electron chi connectivity index (χ4n) is 2.34. The summed E-state index contributed by atoms with van der Waals surface area (Å²) >= 11 is 0. The number of nitrogens with zero attached hydrogens (tertiary/aromatic N) is 2. The molecule has 3 rings (SSSR count). The Morgan fingerprint density at radius 3 is 2.83 bits per heavy atom. The Kier molecular flexibility index (Phi) is 2.52. The van der Waals surface area contributed by atoms with E-state index in [9.17, 15) is 4.79 Å². The Bertz CT molecular complexity index is 610. The van der Waals surface area contributed by atoms with Crippen LogP contribution in [0.5, 0.6) is 0 Å². The van der Waals surface area contributed by atoms with E-state index in [1.807, 2.05) is 0 Å². The molecule has 1 saturated carbocycles. The van der Waals surface area contributed by atoms with Crippen molar-refractivity contribution in [3.63, 3.8) is 0 Å². The van der Waals surface area contributed by atoms with Crippen LogP contribution in [0.1, 0.15) is 31.5 Å². The molecule has 0 radical (unpaired) electrons. The number of hydrogen-bond acceptors (Lipinski definition) is 5. The van der Waals surface area contributed by atoms with Crippen LogP contribution in [0, 0.1) is 0 Å². The first-order chi connectivity index (χ1) is 8.67. The van der Waals surface area contributed by atoms with Gasteiger partial charge in [-0.3, -0.25) is 4.79 Å². The smallest absolute Gasteiger partial charge is 0.274 e.